The number of nitrogens with zero attached hydrogens (tertiary/aromatic N) is 1. The summed E-state index contributed by atoms with van der Waals surface area (Å²) in [5, 5.41) is 3.37. The van der Waals surface area contributed by atoms with Gasteiger partial charge in [-0.05, 0) is 43.7 Å². The van der Waals surface area contributed by atoms with E-state index in [1.165, 1.54) is 5.69 Å². The molecule has 0 aromatic heterocycles. The highest BCUT2D eigenvalue weighted by Crippen LogP contribution is 2.25. The molecule has 2 rings (SSSR count). The SMILES string of the molecule is CCOc1ccc(C(=O)NCCCN(C)c2ccccc2)cc1Cl. The van der Waals surface area contributed by atoms with Crippen molar-refractivity contribution in [2.45, 2.75) is 13.3 Å². The van der Waals surface area contributed by atoms with Crippen molar-refractivity contribution in [3.63, 3.8) is 0 Å². The Morgan fingerprint density at radius 3 is 2.62 bits per heavy atom. The molecule has 1 N–H and O–H groups in total. The molecule has 1 amide bonds. The lowest BCUT2D eigenvalue weighted by atomic mass is 10.2. The van der Waals surface area contributed by atoms with Crippen LogP contribution < -0.4 is 15.0 Å². The van der Waals surface area contributed by atoms with Crippen LogP contribution in [0.5, 0.6) is 5.75 Å². The first-order valence-corrected chi connectivity index (χ1v) is 8.46. The van der Waals surface area contributed by atoms with E-state index in [2.05, 4.69) is 22.3 Å². The van der Waals surface area contributed by atoms with Gasteiger partial charge < -0.3 is 15.0 Å². The molecule has 128 valence electrons. The fraction of sp³-hybridized carbons (Fsp3) is 0.316. The third-order valence-electron chi connectivity index (χ3n) is 3.65. The third-order valence-corrected chi connectivity index (χ3v) is 3.94. The number of ether oxygens (including phenoxy) is 1. The van der Waals surface area contributed by atoms with Crippen LogP contribution in [0.15, 0.2) is 48.5 Å². The van der Waals surface area contributed by atoms with Gasteiger partial charge in [-0.3, -0.25) is 4.79 Å². The molecule has 0 saturated heterocycles. The van der Waals surface area contributed by atoms with Crippen LogP contribution >= 0.6 is 11.6 Å². The number of hydrogen-bond acceptors (Lipinski definition) is 3. The van der Waals surface area contributed by atoms with Crippen molar-refractivity contribution >= 4 is 23.2 Å². The van der Waals surface area contributed by atoms with Crippen molar-refractivity contribution < 1.29 is 9.53 Å². The van der Waals surface area contributed by atoms with E-state index in [0.717, 1.165) is 13.0 Å². The molecule has 2 aromatic carbocycles. The lowest BCUT2D eigenvalue weighted by Gasteiger charge is -2.19. The standard InChI is InChI=1S/C19H23ClN2O2/c1-3-24-18-11-10-15(14-17(18)20)19(23)21-12-7-13-22(2)16-8-5-4-6-9-16/h4-6,8-11,14H,3,7,12-13H2,1-2H3,(H,21,23). The fourth-order valence-corrected chi connectivity index (χ4v) is 2.58. The number of benzene rings is 2. The number of hydrogen-bond donors (Lipinski definition) is 1. The summed E-state index contributed by atoms with van der Waals surface area (Å²) in [6, 6.07) is 15.3. The molecular formula is C19H23ClN2O2. The van der Waals surface area contributed by atoms with Crippen molar-refractivity contribution in [3.05, 3.63) is 59.1 Å². The van der Waals surface area contributed by atoms with Gasteiger partial charge in [0.25, 0.3) is 5.91 Å². The van der Waals surface area contributed by atoms with Gasteiger partial charge in [0.1, 0.15) is 5.75 Å². The Bertz CT molecular complexity index is 662. The Morgan fingerprint density at radius 1 is 1.21 bits per heavy atom. The number of para-hydroxylation sites is 1. The zero-order valence-corrected chi connectivity index (χ0v) is 14.8. The van der Waals surface area contributed by atoms with Crippen LogP contribution in [0.25, 0.3) is 0 Å². The second-order valence-electron chi connectivity index (χ2n) is 5.44. The second-order valence-corrected chi connectivity index (χ2v) is 5.85. The monoisotopic (exact) mass is 346 g/mol. The third kappa shape index (κ3) is 5.17. The van der Waals surface area contributed by atoms with Gasteiger partial charge in [-0.2, -0.15) is 0 Å². The zero-order chi connectivity index (χ0) is 17.4. The van der Waals surface area contributed by atoms with Gasteiger partial charge >= 0.3 is 0 Å². The Hall–Kier alpha value is -2.20. The molecule has 0 unspecified atom stereocenters. The minimum Gasteiger partial charge on any atom is -0.492 e. The molecule has 0 heterocycles. The van der Waals surface area contributed by atoms with Gasteiger partial charge in [-0.25, -0.2) is 0 Å². The smallest absolute Gasteiger partial charge is 0.251 e. The van der Waals surface area contributed by atoms with Crippen LogP contribution in [0.4, 0.5) is 5.69 Å². The molecule has 0 bridgehead atoms. The molecular weight excluding hydrogens is 324 g/mol. The molecule has 24 heavy (non-hydrogen) atoms. The van der Waals surface area contributed by atoms with Crippen molar-refractivity contribution in [2.75, 3.05) is 31.6 Å². The highest BCUT2D eigenvalue weighted by atomic mass is 35.5. The highest BCUT2D eigenvalue weighted by Gasteiger charge is 2.09. The number of carbonyl (C=O) groups is 1. The van der Waals surface area contributed by atoms with Crippen LogP contribution in [0.1, 0.15) is 23.7 Å². The van der Waals surface area contributed by atoms with Gasteiger partial charge in [0, 0.05) is 31.4 Å². The first-order chi connectivity index (χ1) is 11.6. The largest absolute Gasteiger partial charge is 0.492 e. The molecule has 5 heteroatoms. The van der Waals surface area contributed by atoms with Crippen LogP contribution in [0, 0.1) is 0 Å². The predicted octanol–water partition coefficient (Wildman–Crippen LogP) is 4.00. The number of anilines is 1. The maximum Gasteiger partial charge on any atom is 0.251 e. The number of halogens is 1. The van der Waals surface area contributed by atoms with Crippen molar-refractivity contribution in [2.24, 2.45) is 0 Å². The first-order valence-electron chi connectivity index (χ1n) is 8.08. The minimum atomic E-state index is -0.123. The maximum absolute atomic E-state index is 12.2. The number of nitrogens with one attached hydrogen (secondary N) is 1. The Labute approximate surface area is 148 Å². The number of carbonyl (C=O) groups excluding carboxylic acids is 1. The molecule has 0 aliphatic heterocycles. The summed E-state index contributed by atoms with van der Waals surface area (Å²) >= 11 is 6.11. The topological polar surface area (TPSA) is 41.6 Å². The molecule has 0 fully saturated rings. The number of rotatable bonds is 8. The Kier molecular flexibility index (Phi) is 6.94. The van der Waals surface area contributed by atoms with Crippen molar-refractivity contribution in [1.82, 2.24) is 5.32 Å². The molecule has 0 aliphatic rings. The lowest BCUT2D eigenvalue weighted by molar-refractivity contribution is 0.0953. The first kappa shape index (κ1) is 18.1. The summed E-state index contributed by atoms with van der Waals surface area (Å²) in [4.78, 5) is 14.3. The van der Waals surface area contributed by atoms with E-state index in [1.807, 2.05) is 32.2 Å². The summed E-state index contributed by atoms with van der Waals surface area (Å²) in [5.74, 6) is 0.475. The van der Waals surface area contributed by atoms with E-state index < -0.39 is 0 Å². The summed E-state index contributed by atoms with van der Waals surface area (Å²) in [6.07, 6.45) is 0.863. The van der Waals surface area contributed by atoms with Crippen molar-refractivity contribution in [1.29, 1.82) is 0 Å². The molecule has 0 aliphatic carbocycles. The minimum absolute atomic E-state index is 0.123. The van der Waals surface area contributed by atoms with Crippen LogP contribution in [0.3, 0.4) is 0 Å². The highest BCUT2D eigenvalue weighted by molar-refractivity contribution is 6.32. The van der Waals surface area contributed by atoms with E-state index in [9.17, 15) is 4.79 Å². The normalized spacial score (nSPS) is 10.3. The van der Waals surface area contributed by atoms with Crippen molar-refractivity contribution in [3.8, 4) is 5.75 Å². The van der Waals surface area contributed by atoms with Gasteiger partial charge in [-0.1, -0.05) is 29.8 Å². The average Bonchev–Trinajstić information content (AvgIpc) is 2.61. The predicted molar refractivity (Wildman–Crippen MR) is 99.3 cm³/mol. The Morgan fingerprint density at radius 2 is 1.96 bits per heavy atom. The molecule has 2 aromatic rings. The summed E-state index contributed by atoms with van der Waals surface area (Å²) in [6.45, 7) is 3.92. The van der Waals surface area contributed by atoms with E-state index in [4.69, 9.17) is 16.3 Å². The summed E-state index contributed by atoms with van der Waals surface area (Å²) in [5.41, 5.74) is 1.71. The molecule has 0 radical (unpaired) electrons. The summed E-state index contributed by atoms with van der Waals surface area (Å²) < 4.78 is 5.37. The van der Waals surface area contributed by atoms with Gasteiger partial charge in [-0.15, -0.1) is 0 Å². The van der Waals surface area contributed by atoms with E-state index in [-0.39, 0.29) is 5.91 Å². The van der Waals surface area contributed by atoms with E-state index >= 15 is 0 Å². The maximum atomic E-state index is 12.2. The van der Waals surface area contributed by atoms with Crippen LogP contribution in [0.2, 0.25) is 5.02 Å². The number of amides is 1. The molecule has 0 atom stereocenters. The quantitative estimate of drug-likeness (QED) is 0.735. The lowest BCUT2D eigenvalue weighted by Crippen LogP contribution is -2.28. The fourth-order valence-electron chi connectivity index (χ4n) is 2.35. The van der Waals surface area contributed by atoms with Crippen LogP contribution in [-0.2, 0) is 0 Å². The molecule has 4 nitrogen and oxygen atoms in total. The van der Waals surface area contributed by atoms with Gasteiger partial charge in [0.15, 0.2) is 0 Å². The van der Waals surface area contributed by atoms with Gasteiger partial charge in [0.05, 0.1) is 11.6 Å². The van der Waals surface area contributed by atoms with E-state index in [0.29, 0.717) is 29.5 Å². The molecule has 0 spiro atoms. The zero-order valence-electron chi connectivity index (χ0n) is 14.1. The molecule has 0 saturated carbocycles. The van der Waals surface area contributed by atoms with E-state index in [1.54, 1.807) is 18.2 Å². The van der Waals surface area contributed by atoms with Crippen LogP contribution in [-0.4, -0.2) is 32.7 Å². The second kappa shape index (κ2) is 9.18. The average molecular weight is 347 g/mol. The summed E-state index contributed by atoms with van der Waals surface area (Å²) in [7, 11) is 2.05. The Balaban J connectivity index is 1.78. The van der Waals surface area contributed by atoms with Gasteiger partial charge in [0.2, 0.25) is 0 Å².